The third-order valence-corrected chi connectivity index (χ3v) is 10.8. The molecule has 0 amide bonds. The van der Waals surface area contributed by atoms with Crippen molar-refractivity contribution in [3.05, 3.63) is 23.8 Å². The molecule has 4 aliphatic carbocycles. The second kappa shape index (κ2) is 9.48. The average Bonchev–Trinajstić information content (AvgIpc) is 3.09. The molecule has 1 saturated heterocycles. The van der Waals surface area contributed by atoms with Gasteiger partial charge in [-0.1, -0.05) is 25.5 Å². The number of ether oxygens (including phenoxy) is 2. The lowest BCUT2D eigenvalue weighted by Crippen LogP contribution is -2.69. The van der Waals surface area contributed by atoms with Gasteiger partial charge in [0.2, 0.25) is 0 Å². The first-order valence-corrected chi connectivity index (χ1v) is 13.6. The SMILES string of the molecule is C[C@@H]1C[C@@H]2[C@H]3CCC4=CC(=O)C=C[C@@]4(C)[C@]3(F)[C@H](O)C[C@@]2(C)[C@]1(O)C(=O)COC1OC(C(=O)O)C(O)C(O)C1O. The molecule has 5 aliphatic rings. The summed E-state index contributed by atoms with van der Waals surface area (Å²) in [6.07, 6.45) is -5.93. The van der Waals surface area contributed by atoms with Crippen molar-refractivity contribution in [1.29, 1.82) is 0 Å². The monoisotopic (exact) mass is 568 g/mol. The lowest BCUT2D eigenvalue weighted by Gasteiger charge is -2.62. The summed E-state index contributed by atoms with van der Waals surface area (Å²) in [7, 11) is 0. The number of carbonyl (C=O) groups excluding carboxylic acids is 2. The van der Waals surface area contributed by atoms with Crippen molar-refractivity contribution in [2.24, 2.45) is 28.6 Å². The number of carboxylic acids is 1. The van der Waals surface area contributed by atoms with E-state index in [1.165, 1.54) is 18.2 Å². The maximum atomic E-state index is 17.3. The Morgan fingerprint density at radius 3 is 2.45 bits per heavy atom. The quantitative estimate of drug-likeness (QED) is 0.258. The molecule has 5 unspecified atom stereocenters. The van der Waals surface area contributed by atoms with Crippen LogP contribution in [0, 0.1) is 28.6 Å². The summed E-state index contributed by atoms with van der Waals surface area (Å²) >= 11 is 0. The lowest BCUT2D eigenvalue weighted by atomic mass is 9.44. The van der Waals surface area contributed by atoms with Crippen molar-refractivity contribution < 1.29 is 58.9 Å². The van der Waals surface area contributed by atoms with Crippen LogP contribution in [0.4, 0.5) is 4.39 Å². The molecule has 1 aliphatic heterocycles. The first kappa shape index (κ1) is 29.4. The van der Waals surface area contributed by atoms with E-state index in [1.807, 2.05) is 0 Å². The summed E-state index contributed by atoms with van der Waals surface area (Å²) in [5, 5.41) is 62.8. The van der Waals surface area contributed by atoms with Crippen LogP contribution >= 0.6 is 0 Å². The minimum absolute atomic E-state index is 0.233. The second-order valence-corrected chi connectivity index (χ2v) is 12.6. The summed E-state index contributed by atoms with van der Waals surface area (Å²) < 4.78 is 27.7. The Hall–Kier alpha value is -2.06. The van der Waals surface area contributed by atoms with Crippen molar-refractivity contribution in [3.8, 4) is 0 Å². The van der Waals surface area contributed by atoms with Crippen LogP contribution in [0.3, 0.4) is 0 Å². The number of Topliss-reactive ketones (excluding diaryl/α,β-unsaturated/α-hetero) is 1. The highest BCUT2D eigenvalue weighted by atomic mass is 19.1. The van der Waals surface area contributed by atoms with Gasteiger partial charge in [0, 0.05) is 16.7 Å². The Labute approximate surface area is 230 Å². The number of carboxylic acid groups (broad SMARTS) is 1. The molecule has 0 aromatic carbocycles. The molecule has 4 fully saturated rings. The number of carbonyl (C=O) groups is 3. The molecule has 0 aromatic rings. The van der Waals surface area contributed by atoms with E-state index in [0.29, 0.717) is 18.4 Å². The van der Waals surface area contributed by atoms with Gasteiger partial charge in [0.15, 0.2) is 29.6 Å². The Kier molecular flexibility index (Phi) is 6.98. The Morgan fingerprint density at radius 1 is 1.12 bits per heavy atom. The predicted octanol–water partition coefficient (Wildman–Crippen LogP) is -0.188. The number of aliphatic hydroxyl groups is 5. The van der Waals surface area contributed by atoms with Crippen molar-refractivity contribution in [2.75, 3.05) is 6.61 Å². The molecule has 3 saturated carbocycles. The van der Waals surface area contributed by atoms with Crippen LogP contribution in [-0.4, -0.2) is 103 Å². The fourth-order valence-corrected chi connectivity index (χ4v) is 8.60. The topological polar surface area (TPSA) is 191 Å². The molecule has 40 heavy (non-hydrogen) atoms. The maximum absolute atomic E-state index is 17.3. The summed E-state index contributed by atoms with van der Waals surface area (Å²) in [6.45, 7) is 4.16. The molecule has 0 spiro atoms. The Morgan fingerprint density at radius 2 is 1.80 bits per heavy atom. The molecular formula is C28H37FO11. The van der Waals surface area contributed by atoms with Gasteiger partial charge in [0.25, 0.3) is 0 Å². The Balaban J connectivity index is 1.40. The van der Waals surface area contributed by atoms with Crippen molar-refractivity contribution in [3.63, 3.8) is 0 Å². The number of halogens is 1. The number of hydrogen-bond acceptors (Lipinski definition) is 10. The molecule has 12 heteroatoms. The fraction of sp³-hybridized carbons (Fsp3) is 0.750. The van der Waals surface area contributed by atoms with E-state index in [2.05, 4.69) is 0 Å². The molecule has 1 heterocycles. The first-order valence-electron chi connectivity index (χ1n) is 13.6. The predicted molar refractivity (Wildman–Crippen MR) is 133 cm³/mol. The zero-order valence-electron chi connectivity index (χ0n) is 22.6. The van der Waals surface area contributed by atoms with Crippen LogP contribution in [0.15, 0.2) is 23.8 Å². The van der Waals surface area contributed by atoms with Gasteiger partial charge in [0.05, 0.1) is 6.10 Å². The van der Waals surface area contributed by atoms with E-state index in [4.69, 9.17) is 9.47 Å². The van der Waals surface area contributed by atoms with Gasteiger partial charge in [0.1, 0.15) is 30.5 Å². The second-order valence-electron chi connectivity index (χ2n) is 12.6. The van der Waals surface area contributed by atoms with Crippen molar-refractivity contribution in [2.45, 2.75) is 94.5 Å². The van der Waals surface area contributed by atoms with Crippen molar-refractivity contribution >= 4 is 17.5 Å². The molecule has 5 rings (SSSR count). The fourth-order valence-electron chi connectivity index (χ4n) is 8.60. The zero-order chi connectivity index (χ0) is 29.6. The average molecular weight is 569 g/mol. The lowest BCUT2D eigenvalue weighted by molar-refractivity contribution is -0.293. The molecule has 11 nitrogen and oxygen atoms in total. The van der Waals surface area contributed by atoms with Gasteiger partial charge < -0.3 is 40.1 Å². The van der Waals surface area contributed by atoms with Crippen LogP contribution in [0.1, 0.15) is 46.5 Å². The van der Waals surface area contributed by atoms with Crippen LogP contribution in [0.25, 0.3) is 0 Å². The number of hydrogen-bond donors (Lipinski definition) is 6. The number of aliphatic hydroxyl groups excluding tert-OH is 4. The molecule has 6 N–H and O–H groups in total. The van der Waals surface area contributed by atoms with Gasteiger partial charge in [-0.15, -0.1) is 0 Å². The molecule has 13 atom stereocenters. The molecular weight excluding hydrogens is 531 g/mol. The van der Waals surface area contributed by atoms with E-state index >= 15 is 4.39 Å². The molecule has 0 radical (unpaired) electrons. The summed E-state index contributed by atoms with van der Waals surface area (Å²) in [5.41, 5.74) is -6.07. The van der Waals surface area contributed by atoms with E-state index in [-0.39, 0.29) is 18.6 Å². The van der Waals surface area contributed by atoms with Crippen LogP contribution in [0.2, 0.25) is 0 Å². The third-order valence-electron chi connectivity index (χ3n) is 10.8. The number of aliphatic carboxylic acids is 1. The summed E-state index contributed by atoms with van der Waals surface area (Å²) in [5.74, 6) is -4.56. The van der Waals surface area contributed by atoms with Gasteiger partial charge in [-0.3, -0.25) is 9.59 Å². The number of allylic oxidation sites excluding steroid dienone is 4. The summed E-state index contributed by atoms with van der Waals surface area (Å²) in [4.78, 5) is 37.0. The van der Waals surface area contributed by atoms with Gasteiger partial charge in [-0.2, -0.15) is 0 Å². The minimum Gasteiger partial charge on any atom is -0.479 e. The molecule has 222 valence electrons. The number of rotatable bonds is 5. The maximum Gasteiger partial charge on any atom is 0.335 e. The molecule has 0 aromatic heterocycles. The highest BCUT2D eigenvalue weighted by molar-refractivity contribution is 6.01. The largest absolute Gasteiger partial charge is 0.479 e. The van der Waals surface area contributed by atoms with Crippen LogP contribution in [0.5, 0.6) is 0 Å². The smallest absolute Gasteiger partial charge is 0.335 e. The highest BCUT2D eigenvalue weighted by Gasteiger charge is 2.75. The normalized spacial score (nSPS) is 51.9. The third kappa shape index (κ3) is 3.70. The minimum atomic E-state index is -2.13. The zero-order valence-corrected chi connectivity index (χ0v) is 22.6. The Bertz CT molecular complexity index is 1170. The van der Waals surface area contributed by atoms with E-state index in [1.54, 1.807) is 20.8 Å². The molecule has 0 bridgehead atoms. The van der Waals surface area contributed by atoms with Gasteiger partial charge >= 0.3 is 5.97 Å². The summed E-state index contributed by atoms with van der Waals surface area (Å²) in [6, 6.07) is 0. The van der Waals surface area contributed by atoms with Gasteiger partial charge in [-0.05, 0) is 56.6 Å². The van der Waals surface area contributed by atoms with Crippen LogP contribution < -0.4 is 0 Å². The van der Waals surface area contributed by atoms with E-state index in [9.17, 15) is 45.0 Å². The van der Waals surface area contributed by atoms with Crippen molar-refractivity contribution in [1.82, 2.24) is 0 Å². The highest BCUT2D eigenvalue weighted by Crippen LogP contribution is 2.70. The van der Waals surface area contributed by atoms with E-state index in [0.717, 1.165) is 0 Å². The first-order chi connectivity index (χ1) is 18.5. The van der Waals surface area contributed by atoms with E-state index < -0.39 is 95.0 Å². The number of alkyl halides is 1. The van der Waals surface area contributed by atoms with Gasteiger partial charge in [-0.25, -0.2) is 9.18 Å². The number of ketones is 2. The standard InChI is InChI=1S/C28H37FO11/c1-12-8-16-15-5-4-13-9-14(30)6-7-25(13,2)27(15,29)17(31)10-26(16,3)28(12,38)18(32)11-39-24-21(35)19(33)20(34)22(40-24)23(36)37/h6-7,9,12,15-17,19-22,24,31,33-35,38H,4-5,8,10-11H2,1-3H3,(H,36,37)/t12-,15-,16-,17-,19?,20?,21?,22?,24?,25-,26-,27-,28-/m1/s1. The van der Waals surface area contributed by atoms with Crippen LogP contribution in [-0.2, 0) is 23.9 Å². The number of fused-ring (bicyclic) bond motifs is 5.